The van der Waals surface area contributed by atoms with Crippen LogP contribution in [-0.2, 0) is 0 Å². The average Bonchev–Trinajstić information content (AvgIpc) is 2.67. The molecular formula is C12H25NO. The molecule has 2 nitrogen and oxygen atoms in total. The first-order valence-corrected chi connectivity index (χ1v) is 6.14. The highest BCUT2D eigenvalue weighted by Gasteiger charge is 2.32. The zero-order valence-corrected chi connectivity index (χ0v) is 9.52. The van der Waals surface area contributed by atoms with Crippen molar-refractivity contribution in [3.8, 4) is 0 Å². The van der Waals surface area contributed by atoms with E-state index in [0.29, 0.717) is 6.61 Å². The second-order valence-electron chi connectivity index (χ2n) is 4.75. The van der Waals surface area contributed by atoms with Gasteiger partial charge < -0.3 is 10.4 Å². The molecule has 84 valence electrons. The molecule has 0 heterocycles. The van der Waals surface area contributed by atoms with Gasteiger partial charge in [-0.05, 0) is 25.8 Å². The fraction of sp³-hybridized carbons (Fsp3) is 1.00. The van der Waals surface area contributed by atoms with Crippen LogP contribution in [0.1, 0.15) is 51.9 Å². The van der Waals surface area contributed by atoms with Crippen LogP contribution < -0.4 is 5.32 Å². The van der Waals surface area contributed by atoms with Crippen molar-refractivity contribution < 1.29 is 5.11 Å². The number of rotatable bonds is 7. The number of unbranched alkanes of at least 4 members (excludes halogenated alkanes) is 2. The molecule has 1 fully saturated rings. The van der Waals surface area contributed by atoms with Crippen LogP contribution in [0.2, 0.25) is 0 Å². The van der Waals surface area contributed by atoms with Crippen molar-refractivity contribution in [1.82, 2.24) is 5.32 Å². The minimum atomic E-state index is 0.228. The van der Waals surface area contributed by atoms with Gasteiger partial charge in [-0.3, -0.25) is 0 Å². The molecule has 1 saturated carbocycles. The first-order chi connectivity index (χ1) is 6.83. The lowest BCUT2D eigenvalue weighted by atomic mass is 9.87. The van der Waals surface area contributed by atoms with Crippen LogP contribution in [-0.4, -0.2) is 24.8 Å². The Labute approximate surface area is 88.1 Å². The van der Waals surface area contributed by atoms with Crippen LogP contribution >= 0.6 is 0 Å². The molecule has 0 aromatic carbocycles. The number of hydrogen-bond acceptors (Lipinski definition) is 2. The Hall–Kier alpha value is -0.0800. The first-order valence-electron chi connectivity index (χ1n) is 6.14. The third-order valence-corrected chi connectivity index (χ3v) is 3.46. The molecule has 1 rings (SSSR count). The second-order valence-corrected chi connectivity index (χ2v) is 4.75. The van der Waals surface area contributed by atoms with Crippen molar-refractivity contribution in [3.05, 3.63) is 0 Å². The summed E-state index contributed by atoms with van der Waals surface area (Å²) in [5, 5.41) is 12.9. The van der Waals surface area contributed by atoms with E-state index in [-0.39, 0.29) is 5.41 Å². The Morgan fingerprint density at radius 2 is 1.93 bits per heavy atom. The lowest BCUT2D eigenvalue weighted by molar-refractivity contribution is 0.128. The minimum absolute atomic E-state index is 0.228. The lowest BCUT2D eigenvalue weighted by Gasteiger charge is -2.26. The first kappa shape index (κ1) is 12.0. The molecule has 0 bridgehead atoms. The maximum Gasteiger partial charge on any atom is 0.0499 e. The molecule has 0 spiro atoms. The summed E-state index contributed by atoms with van der Waals surface area (Å²) in [5.74, 6) is 0. The van der Waals surface area contributed by atoms with Crippen LogP contribution in [0.5, 0.6) is 0 Å². The van der Waals surface area contributed by atoms with E-state index in [2.05, 4.69) is 12.2 Å². The van der Waals surface area contributed by atoms with Crippen molar-refractivity contribution in [1.29, 1.82) is 0 Å². The molecule has 2 heteroatoms. The van der Waals surface area contributed by atoms with Gasteiger partial charge >= 0.3 is 0 Å². The zero-order chi connectivity index (χ0) is 10.3. The lowest BCUT2D eigenvalue weighted by Crippen LogP contribution is -2.35. The van der Waals surface area contributed by atoms with Gasteiger partial charge in [0.15, 0.2) is 0 Å². The van der Waals surface area contributed by atoms with Crippen LogP contribution in [0.3, 0.4) is 0 Å². The van der Waals surface area contributed by atoms with E-state index < -0.39 is 0 Å². The molecule has 2 N–H and O–H groups in total. The summed E-state index contributed by atoms with van der Waals surface area (Å²) in [6.45, 7) is 4.74. The van der Waals surface area contributed by atoms with E-state index in [1.54, 1.807) is 0 Å². The number of aliphatic hydroxyl groups excluding tert-OH is 1. The molecule has 0 radical (unpaired) electrons. The van der Waals surface area contributed by atoms with Crippen LogP contribution in [0, 0.1) is 5.41 Å². The molecule has 0 aromatic heterocycles. The van der Waals surface area contributed by atoms with Crippen LogP contribution in [0.15, 0.2) is 0 Å². The largest absolute Gasteiger partial charge is 0.396 e. The molecule has 0 aliphatic heterocycles. The molecule has 0 aromatic rings. The van der Waals surface area contributed by atoms with Crippen molar-refractivity contribution in [2.75, 3.05) is 19.7 Å². The summed E-state index contributed by atoms with van der Waals surface area (Å²) < 4.78 is 0. The Morgan fingerprint density at radius 3 is 2.50 bits per heavy atom. The summed E-state index contributed by atoms with van der Waals surface area (Å²) in [5.41, 5.74) is 0.228. The van der Waals surface area contributed by atoms with Crippen molar-refractivity contribution in [3.63, 3.8) is 0 Å². The average molecular weight is 199 g/mol. The van der Waals surface area contributed by atoms with Gasteiger partial charge in [-0.1, -0.05) is 32.6 Å². The monoisotopic (exact) mass is 199 g/mol. The maximum atomic E-state index is 9.38. The predicted octanol–water partition coefficient (Wildman–Crippen LogP) is 2.32. The van der Waals surface area contributed by atoms with Gasteiger partial charge in [0, 0.05) is 18.6 Å². The Balaban J connectivity index is 2.08. The number of nitrogens with one attached hydrogen (secondary N) is 1. The van der Waals surface area contributed by atoms with Gasteiger partial charge in [-0.25, -0.2) is 0 Å². The highest BCUT2D eigenvalue weighted by Crippen LogP contribution is 2.36. The Kier molecular flexibility index (Phi) is 5.49. The predicted molar refractivity (Wildman–Crippen MR) is 60.4 cm³/mol. The van der Waals surface area contributed by atoms with E-state index in [1.807, 2.05) is 0 Å². The molecule has 0 saturated heterocycles. The zero-order valence-electron chi connectivity index (χ0n) is 9.52. The van der Waals surface area contributed by atoms with E-state index in [0.717, 1.165) is 13.1 Å². The van der Waals surface area contributed by atoms with Crippen LogP contribution in [0.4, 0.5) is 0 Å². The molecular weight excluding hydrogens is 174 g/mol. The van der Waals surface area contributed by atoms with E-state index >= 15 is 0 Å². The molecule has 14 heavy (non-hydrogen) atoms. The summed E-state index contributed by atoms with van der Waals surface area (Å²) in [7, 11) is 0. The highest BCUT2D eigenvalue weighted by atomic mass is 16.3. The topological polar surface area (TPSA) is 32.3 Å². The van der Waals surface area contributed by atoms with Gasteiger partial charge in [0.2, 0.25) is 0 Å². The number of hydrogen-bond donors (Lipinski definition) is 2. The molecule has 0 unspecified atom stereocenters. The summed E-state index contributed by atoms with van der Waals surface area (Å²) in [6.07, 6.45) is 8.91. The minimum Gasteiger partial charge on any atom is -0.396 e. The van der Waals surface area contributed by atoms with Crippen molar-refractivity contribution >= 4 is 0 Å². The van der Waals surface area contributed by atoms with Crippen molar-refractivity contribution in [2.45, 2.75) is 51.9 Å². The highest BCUT2D eigenvalue weighted by molar-refractivity contribution is 4.85. The van der Waals surface area contributed by atoms with E-state index in [4.69, 9.17) is 0 Å². The summed E-state index contributed by atoms with van der Waals surface area (Å²) in [4.78, 5) is 0. The smallest absolute Gasteiger partial charge is 0.0499 e. The third kappa shape index (κ3) is 3.58. The van der Waals surface area contributed by atoms with Gasteiger partial charge in [0.05, 0.1) is 0 Å². The Morgan fingerprint density at radius 1 is 1.21 bits per heavy atom. The van der Waals surface area contributed by atoms with E-state index in [1.165, 1.54) is 44.9 Å². The number of aliphatic hydroxyl groups is 1. The van der Waals surface area contributed by atoms with Gasteiger partial charge in [-0.2, -0.15) is 0 Å². The van der Waals surface area contributed by atoms with Gasteiger partial charge in [0.1, 0.15) is 0 Å². The fourth-order valence-corrected chi connectivity index (χ4v) is 2.37. The van der Waals surface area contributed by atoms with E-state index in [9.17, 15) is 5.11 Å². The van der Waals surface area contributed by atoms with Crippen molar-refractivity contribution in [2.24, 2.45) is 5.41 Å². The van der Waals surface area contributed by atoms with Crippen LogP contribution in [0.25, 0.3) is 0 Å². The SMILES string of the molecule is CCCCCNCC1(CO)CCCC1. The quantitative estimate of drug-likeness (QED) is 0.617. The molecule has 0 atom stereocenters. The normalized spacial score (nSPS) is 20.1. The fourth-order valence-electron chi connectivity index (χ4n) is 2.37. The summed E-state index contributed by atoms with van der Waals surface area (Å²) in [6, 6.07) is 0. The maximum absolute atomic E-state index is 9.38. The third-order valence-electron chi connectivity index (χ3n) is 3.46. The summed E-state index contributed by atoms with van der Waals surface area (Å²) >= 11 is 0. The second kappa shape index (κ2) is 6.41. The molecule has 1 aliphatic rings. The molecule has 1 aliphatic carbocycles. The molecule has 0 amide bonds. The van der Waals surface area contributed by atoms with Gasteiger partial charge in [-0.15, -0.1) is 0 Å². The van der Waals surface area contributed by atoms with Gasteiger partial charge in [0.25, 0.3) is 0 Å². The Bertz CT molecular complexity index is 141. The standard InChI is InChI=1S/C12H25NO/c1-2-3-6-9-13-10-12(11-14)7-4-5-8-12/h13-14H,2-11H2,1H3.